The van der Waals surface area contributed by atoms with Crippen molar-refractivity contribution in [3.63, 3.8) is 0 Å². The van der Waals surface area contributed by atoms with Crippen LogP contribution in [-0.2, 0) is 4.79 Å². The zero-order valence-corrected chi connectivity index (χ0v) is 22.2. The number of rotatable bonds is 8. The first-order chi connectivity index (χ1) is 17.8. The average molecular weight is 504 g/mol. The molecular weight excluding hydrogens is 466 g/mol. The Labute approximate surface area is 218 Å². The first-order valence-electron chi connectivity index (χ1n) is 13.5. The second kappa shape index (κ2) is 10.5. The van der Waals surface area contributed by atoms with Crippen LogP contribution in [0, 0.1) is 25.7 Å². The minimum atomic E-state index is -0.129. The van der Waals surface area contributed by atoms with E-state index in [0.717, 1.165) is 53.0 Å². The molecule has 2 saturated carbocycles. The van der Waals surface area contributed by atoms with Gasteiger partial charge in [-0.25, -0.2) is 9.97 Å². The number of carbonyl (C=O) groups excluding carboxylic acids is 2. The SMILES string of the molecule is CCC(=O)N[C@@H]1CC[C@@H](NC(=O)c2c(C)[nH]c3c(-c4cc(C)ccc4OCC4CC4)ncnc23)C[C@H]1C. The van der Waals surface area contributed by atoms with Crippen molar-refractivity contribution in [1.29, 1.82) is 0 Å². The first-order valence-corrected chi connectivity index (χ1v) is 13.5. The Hall–Kier alpha value is -3.42. The van der Waals surface area contributed by atoms with E-state index >= 15 is 0 Å². The number of amides is 2. The van der Waals surface area contributed by atoms with Crippen molar-refractivity contribution < 1.29 is 14.3 Å². The van der Waals surface area contributed by atoms with Crippen molar-refractivity contribution in [3.05, 3.63) is 41.3 Å². The van der Waals surface area contributed by atoms with Crippen LogP contribution in [0.25, 0.3) is 22.3 Å². The smallest absolute Gasteiger partial charge is 0.255 e. The summed E-state index contributed by atoms with van der Waals surface area (Å²) in [6.07, 6.45) is 6.97. The maximum absolute atomic E-state index is 13.5. The van der Waals surface area contributed by atoms with E-state index in [4.69, 9.17) is 4.74 Å². The van der Waals surface area contributed by atoms with Crippen molar-refractivity contribution in [1.82, 2.24) is 25.6 Å². The molecule has 2 aliphatic rings. The first kappa shape index (κ1) is 25.2. The van der Waals surface area contributed by atoms with Crippen molar-refractivity contribution >= 4 is 22.8 Å². The van der Waals surface area contributed by atoms with E-state index in [2.05, 4.69) is 45.5 Å². The van der Waals surface area contributed by atoms with E-state index < -0.39 is 0 Å². The molecule has 2 aliphatic carbocycles. The van der Waals surface area contributed by atoms with E-state index in [1.807, 2.05) is 26.0 Å². The minimum absolute atomic E-state index is 0.0575. The number of benzene rings is 1. The van der Waals surface area contributed by atoms with Gasteiger partial charge in [-0.2, -0.15) is 0 Å². The standard InChI is InChI=1S/C29H37N5O3/c1-5-24(35)34-22-10-9-20(13-17(22)3)33-29(36)25-18(4)32-28-26(30-15-31-27(25)28)21-12-16(2)6-11-23(21)37-14-19-7-8-19/h6,11-12,15,17,19-20,22,32H,5,7-10,13-14H2,1-4H3,(H,33,36)(H,34,35)/t17-,20-,22-/m1/s1. The summed E-state index contributed by atoms with van der Waals surface area (Å²) in [5, 5.41) is 6.35. The predicted molar refractivity (Wildman–Crippen MR) is 144 cm³/mol. The topological polar surface area (TPSA) is 109 Å². The van der Waals surface area contributed by atoms with Crippen LogP contribution in [-0.4, -0.2) is 45.5 Å². The molecule has 1 aromatic carbocycles. The van der Waals surface area contributed by atoms with E-state index in [9.17, 15) is 9.59 Å². The lowest BCUT2D eigenvalue weighted by atomic mass is 9.82. The number of carbonyl (C=O) groups is 2. The number of aromatic nitrogens is 3. The molecule has 37 heavy (non-hydrogen) atoms. The molecule has 2 heterocycles. The van der Waals surface area contributed by atoms with Gasteiger partial charge in [-0.15, -0.1) is 0 Å². The summed E-state index contributed by atoms with van der Waals surface area (Å²) in [6, 6.07) is 6.35. The lowest BCUT2D eigenvalue weighted by Crippen LogP contribution is -2.48. The lowest BCUT2D eigenvalue weighted by molar-refractivity contribution is -0.122. The Morgan fingerprint density at radius 3 is 2.65 bits per heavy atom. The van der Waals surface area contributed by atoms with Crippen LogP contribution in [0.1, 0.15) is 74.0 Å². The maximum Gasteiger partial charge on any atom is 0.255 e. The minimum Gasteiger partial charge on any atom is -0.493 e. The number of fused-ring (bicyclic) bond motifs is 1. The van der Waals surface area contributed by atoms with Crippen LogP contribution in [0.15, 0.2) is 24.5 Å². The largest absolute Gasteiger partial charge is 0.493 e. The highest BCUT2D eigenvalue weighted by molar-refractivity contribution is 6.09. The third-order valence-corrected chi connectivity index (χ3v) is 7.73. The molecule has 196 valence electrons. The zero-order valence-electron chi connectivity index (χ0n) is 22.2. The molecule has 3 N–H and O–H groups in total. The number of H-pyrrole nitrogens is 1. The number of hydrogen-bond acceptors (Lipinski definition) is 5. The highest BCUT2D eigenvalue weighted by Gasteiger charge is 2.31. The highest BCUT2D eigenvalue weighted by atomic mass is 16.5. The fourth-order valence-electron chi connectivity index (χ4n) is 5.36. The highest BCUT2D eigenvalue weighted by Crippen LogP contribution is 2.37. The summed E-state index contributed by atoms with van der Waals surface area (Å²) in [4.78, 5) is 37.8. The fourth-order valence-corrected chi connectivity index (χ4v) is 5.36. The van der Waals surface area contributed by atoms with Gasteiger partial charge in [0.15, 0.2) is 0 Å². The van der Waals surface area contributed by atoms with E-state index in [-0.39, 0.29) is 23.9 Å². The van der Waals surface area contributed by atoms with E-state index in [0.29, 0.717) is 35.9 Å². The van der Waals surface area contributed by atoms with Crippen LogP contribution < -0.4 is 15.4 Å². The molecule has 5 rings (SSSR count). The van der Waals surface area contributed by atoms with Gasteiger partial charge in [0.2, 0.25) is 5.91 Å². The van der Waals surface area contributed by atoms with Crippen molar-refractivity contribution in [2.24, 2.45) is 11.8 Å². The van der Waals surface area contributed by atoms with Gasteiger partial charge in [-0.1, -0.05) is 25.5 Å². The van der Waals surface area contributed by atoms with Crippen LogP contribution in [0.2, 0.25) is 0 Å². The van der Waals surface area contributed by atoms with Gasteiger partial charge in [-0.3, -0.25) is 9.59 Å². The van der Waals surface area contributed by atoms with Gasteiger partial charge in [-0.05, 0) is 69.9 Å². The van der Waals surface area contributed by atoms with Crippen molar-refractivity contribution in [2.75, 3.05) is 6.61 Å². The summed E-state index contributed by atoms with van der Waals surface area (Å²) in [5.41, 5.74) is 5.43. The summed E-state index contributed by atoms with van der Waals surface area (Å²) in [6.45, 7) is 8.67. The molecule has 3 atom stereocenters. The Morgan fingerprint density at radius 1 is 1.11 bits per heavy atom. The van der Waals surface area contributed by atoms with Gasteiger partial charge in [0, 0.05) is 29.8 Å². The molecule has 0 unspecified atom stereocenters. The third kappa shape index (κ3) is 5.48. The second-order valence-corrected chi connectivity index (χ2v) is 10.8. The predicted octanol–water partition coefficient (Wildman–Crippen LogP) is 4.84. The molecule has 0 spiro atoms. The molecule has 0 saturated heterocycles. The normalized spacial score (nSPS) is 21.6. The lowest BCUT2D eigenvalue weighted by Gasteiger charge is -2.35. The number of nitrogens with one attached hydrogen (secondary N) is 3. The molecule has 8 heteroatoms. The molecule has 2 aromatic heterocycles. The zero-order chi connectivity index (χ0) is 26.1. The van der Waals surface area contributed by atoms with E-state index in [1.54, 1.807) is 0 Å². The molecule has 3 aromatic rings. The number of nitrogens with zero attached hydrogens (tertiary/aromatic N) is 2. The summed E-state index contributed by atoms with van der Waals surface area (Å²) >= 11 is 0. The van der Waals surface area contributed by atoms with Crippen LogP contribution in [0.4, 0.5) is 0 Å². The monoisotopic (exact) mass is 503 g/mol. The van der Waals surface area contributed by atoms with Crippen LogP contribution in [0.3, 0.4) is 0 Å². The maximum atomic E-state index is 13.5. The van der Waals surface area contributed by atoms with Gasteiger partial charge in [0.05, 0.1) is 17.7 Å². The molecule has 2 fully saturated rings. The number of ether oxygens (including phenoxy) is 1. The van der Waals surface area contributed by atoms with E-state index in [1.165, 1.54) is 19.2 Å². The molecule has 0 radical (unpaired) electrons. The van der Waals surface area contributed by atoms with Crippen LogP contribution >= 0.6 is 0 Å². The quantitative estimate of drug-likeness (QED) is 0.407. The number of hydrogen-bond donors (Lipinski definition) is 3. The Balaban J connectivity index is 1.38. The van der Waals surface area contributed by atoms with Crippen LogP contribution in [0.5, 0.6) is 5.75 Å². The molecule has 2 amide bonds. The second-order valence-electron chi connectivity index (χ2n) is 10.8. The Bertz CT molecular complexity index is 1310. The Kier molecular flexibility index (Phi) is 7.17. The Morgan fingerprint density at radius 2 is 1.92 bits per heavy atom. The van der Waals surface area contributed by atoms with Gasteiger partial charge in [0.1, 0.15) is 23.3 Å². The summed E-state index contributed by atoms with van der Waals surface area (Å²) < 4.78 is 6.17. The van der Waals surface area contributed by atoms with Crippen molar-refractivity contribution in [2.45, 2.75) is 78.3 Å². The molecule has 8 nitrogen and oxygen atoms in total. The number of aryl methyl sites for hydroxylation is 2. The molecule has 0 bridgehead atoms. The third-order valence-electron chi connectivity index (χ3n) is 7.73. The van der Waals surface area contributed by atoms with Gasteiger partial charge >= 0.3 is 0 Å². The molecule has 0 aliphatic heterocycles. The number of aromatic amines is 1. The molecular formula is C29H37N5O3. The van der Waals surface area contributed by atoms with Gasteiger partial charge < -0.3 is 20.4 Å². The van der Waals surface area contributed by atoms with Crippen molar-refractivity contribution in [3.8, 4) is 17.0 Å². The summed E-state index contributed by atoms with van der Waals surface area (Å²) in [5.74, 6) is 1.69. The fraction of sp³-hybridized carbons (Fsp3) is 0.517. The van der Waals surface area contributed by atoms with Gasteiger partial charge in [0.25, 0.3) is 5.91 Å². The average Bonchev–Trinajstić information content (AvgIpc) is 3.64. The summed E-state index contributed by atoms with van der Waals surface area (Å²) in [7, 11) is 0.